The quantitative estimate of drug-likeness (QED) is 0.883. The fourth-order valence-corrected chi connectivity index (χ4v) is 2.00. The van der Waals surface area contributed by atoms with Gasteiger partial charge in [0, 0.05) is 13.2 Å². The number of nitrogens with one attached hydrogen (secondary N) is 2. The molecule has 0 aliphatic heterocycles. The molecule has 0 saturated heterocycles. The van der Waals surface area contributed by atoms with Crippen LogP contribution in [0.4, 0.5) is 0 Å². The highest BCUT2D eigenvalue weighted by Crippen LogP contribution is 2.15. The number of amides is 1. The van der Waals surface area contributed by atoms with Crippen LogP contribution in [-0.4, -0.2) is 35.1 Å². The first kappa shape index (κ1) is 16.2. The van der Waals surface area contributed by atoms with Crippen LogP contribution < -0.4 is 5.32 Å². The van der Waals surface area contributed by atoms with E-state index in [9.17, 15) is 4.79 Å². The number of halogens is 1. The van der Waals surface area contributed by atoms with Gasteiger partial charge < -0.3 is 10.2 Å². The van der Waals surface area contributed by atoms with Crippen molar-refractivity contribution in [2.75, 3.05) is 14.1 Å². The first-order valence-electron chi connectivity index (χ1n) is 6.18. The fraction of sp³-hybridized carbons (Fsp3) is 0.286. The Balaban J connectivity index is 0.00000200. The Morgan fingerprint density at radius 3 is 2.60 bits per heavy atom. The molecule has 0 aliphatic carbocycles. The van der Waals surface area contributed by atoms with Crippen molar-refractivity contribution < 1.29 is 4.79 Å². The number of carbonyl (C=O) groups is 1. The van der Waals surface area contributed by atoms with E-state index in [2.05, 4.69) is 15.5 Å². The van der Waals surface area contributed by atoms with Gasteiger partial charge in [-0.15, -0.1) is 12.4 Å². The molecule has 20 heavy (non-hydrogen) atoms. The maximum absolute atomic E-state index is 12.4. The highest BCUT2D eigenvalue weighted by atomic mass is 35.5. The molecule has 5 nitrogen and oxygen atoms in total. The second kappa shape index (κ2) is 7.67. The van der Waals surface area contributed by atoms with Gasteiger partial charge in [-0.05, 0) is 18.7 Å². The summed E-state index contributed by atoms with van der Waals surface area (Å²) >= 11 is 0. The first-order valence-corrected chi connectivity index (χ1v) is 6.18. The predicted molar refractivity (Wildman–Crippen MR) is 80.6 cm³/mol. The Bertz CT molecular complexity index is 515. The average molecular weight is 295 g/mol. The molecule has 108 valence electrons. The van der Waals surface area contributed by atoms with Gasteiger partial charge in [-0.2, -0.15) is 5.10 Å². The lowest BCUT2D eigenvalue weighted by molar-refractivity contribution is -0.132. The minimum atomic E-state index is -0.325. The molecule has 0 fully saturated rings. The summed E-state index contributed by atoms with van der Waals surface area (Å²) in [4.78, 5) is 14.1. The number of aromatic amines is 1. The zero-order chi connectivity index (χ0) is 13.7. The molecule has 0 radical (unpaired) electrons. The summed E-state index contributed by atoms with van der Waals surface area (Å²) in [5.41, 5.74) is 1.88. The van der Waals surface area contributed by atoms with Crippen LogP contribution in [0.2, 0.25) is 0 Å². The Labute approximate surface area is 124 Å². The van der Waals surface area contributed by atoms with Crippen LogP contribution in [0.1, 0.15) is 17.3 Å². The van der Waals surface area contributed by atoms with E-state index in [1.807, 2.05) is 36.4 Å². The molecule has 1 heterocycles. The topological polar surface area (TPSA) is 61.0 Å². The summed E-state index contributed by atoms with van der Waals surface area (Å²) in [5.74, 6) is 0.0308. The lowest BCUT2D eigenvalue weighted by Crippen LogP contribution is -2.37. The van der Waals surface area contributed by atoms with Crippen LogP contribution in [0.5, 0.6) is 0 Å². The van der Waals surface area contributed by atoms with Gasteiger partial charge in [0.2, 0.25) is 5.91 Å². The third-order valence-electron chi connectivity index (χ3n) is 3.01. The zero-order valence-corrected chi connectivity index (χ0v) is 12.4. The number of benzene rings is 1. The lowest BCUT2D eigenvalue weighted by Gasteiger charge is -2.23. The van der Waals surface area contributed by atoms with Crippen LogP contribution in [0.25, 0.3) is 0 Å². The van der Waals surface area contributed by atoms with Gasteiger partial charge in [-0.25, -0.2) is 0 Å². The number of carbonyl (C=O) groups excluding carboxylic acids is 1. The van der Waals surface area contributed by atoms with Gasteiger partial charge >= 0.3 is 0 Å². The minimum absolute atomic E-state index is 0. The number of likely N-dealkylation sites (N-methyl/N-ethyl adjacent to an activating group) is 2. The Morgan fingerprint density at radius 1 is 1.35 bits per heavy atom. The maximum atomic E-state index is 12.4. The third-order valence-corrected chi connectivity index (χ3v) is 3.01. The SMILES string of the molecule is CNC(C(=O)N(C)Cc1ccn[nH]1)c1ccccc1.Cl. The number of hydrogen-bond acceptors (Lipinski definition) is 3. The number of hydrogen-bond donors (Lipinski definition) is 2. The molecule has 0 saturated carbocycles. The number of H-pyrrole nitrogens is 1. The molecule has 1 amide bonds. The van der Waals surface area contributed by atoms with E-state index < -0.39 is 0 Å². The van der Waals surface area contributed by atoms with E-state index in [4.69, 9.17) is 0 Å². The van der Waals surface area contributed by atoms with Crippen molar-refractivity contribution in [3.8, 4) is 0 Å². The molecule has 2 aromatic rings. The van der Waals surface area contributed by atoms with Crippen LogP contribution in [0.3, 0.4) is 0 Å². The largest absolute Gasteiger partial charge is 0.338 e. The van der Waals surface area contributed by atoms with E-state index >= 15 is 0 Å². The van der Waals surface area contributed by atoms with E-state index in [-0.39, 0.29) is 24.4 Å². The van der Waals surface area contributed by atoms with Crippen LogP contribution in [0.15, 0.2) is 42.6 Å². The van der Waals surface area contributed by atoms with Gasteiger partial charge in [0.1, 0.15) is 6.04 Å². The number of nitrogens with zero attached hydrogens (tertiary/aromatic N) is 2. The predicted octanol–water partition coefficient (Wildman–Crippen LogP) is 1.75. The smallest absolute Gasteiger partial charge is 0.244 e. The van der Waals surface area contributed by atoms with Gasteiger partial charge in [-0.1, -0.05) is 30.3 Å². The summed E-state index contributed by atoms with van der Waals surface area (Å²) < 4.78 is 0. The van der Waals surface area contributed by atoms with Crippen molar-refractivity contribution in [3.05, 3.63) is 53.9 Å². The first-order chi connectivity index (χ1) is 9.22. The molecular weight excluding hydrogens is 276 g/mol. The number of rotatable bonds is 5. The van der Waals surface area contributed by atoms with Crippen LogP contribution >= 0.6 is 12.4 Å². The van der Waals surface area contributed by atoms with E-state index in [0.29, 0.717) is 6.54 Å². The summed E-state index contributed by atoms with van der Waals surface area (Å²) in [6.07, 6.45) is 1.68. The molecule has 0 aliphatic rings. The van der Waals surface area contributed by atoms with Crippen LogP contribution in [0, 0.1) is 0 Å². The third kappa shape index (κ3) is 3.82. The van der Waals surface area contributed by atoms with Gasteiger partial charge in [0.15, 0.2) is 0 Å². The van der Waals surface area contributed by atoms with E-state index in [1.54, 1.807) is 25.2 Å². The summed E-state index contributed by atoms with van der Waals surface area (Å²) in [5, 5.41) is 9.80. The fourth-order valence-electron chi connectivity index (χ4n) is 2.00. The zero-order valence-electron chi connectivity index (χ0n) is 11.5. The molecule has 6 heteroatoms. The van der Waals surface area contributed by atoms with Gasteiger partial charge in [-0.3, -0.25) is 9.89 Å². The van der Waals surface area contributed by atoms with Gasteiger partial charge in [0.25, 0.3) is 0 Å². The highest BCUT2D eigenvalue weighted by Gasteiger charge is 2.22. The summed E-state index contributed by atoms with van der Waals surface area (Å²) in [6, 6.07) is 11.2. The molecule has 1 unspecified atom stereocenters. The van der Waals surface area contributed by atoms with Crippen molar-refractivity contribution in [2.45, 2.75) is 12.6 Å². The maximum Gasteiger partial charge on any atom is 0.244 e. The second-order valence-corrected chi connectivity index (χ2v) is 4.41. The normalized spacial score (nSPS) is 11.5. The molecule has 2 rings (SSSR count). The van der Waals surface area contributed by atoms with Crippen molar-refractivity contribution in [1.29, 1.82) is 0 Å². The molecular formula is C14H19ClN4O. The van der Waals surface area contributed by atoms with Crippen molar-refractivity contribution in [2.24, 2.45) is 0 Å². The van der Waals surface area contributed by atoms with Gasteiger partial charge in [0.05, 0.1) is 12.2 Å². The molecule has 1 aromatic heterocycles. The molecule has 1 atom stereocenters. The molecule has 2 N–H and O–H groups in total. The highest BCUT2D eigenvalue weighted by molar-refractivity contribution is 5.85. The summed E-state index contributed by atoms with van der Waals surface area (Å²) in [6.45, 7) is 0.518. The van der Waals surface area contributed by atoms with E-state index in [1.165, 1.54) is 0 Å². The molecule has 0 spiro atoms. The Morgan fingerprint density at radius 2 is 2.05 bits per heavy atom. The minimum Gasteiger partial charge on any atom is -0.338 e. The second-order valence-electron chi connectivity index (χ2n) is 4.41. The molecule has 0 bridgehead atoms. The van der Waals surface area contributed by atoms with E-state index in [0.717, 1.165) is 11.3 Å². The summed E-state index contributed by atoms with van der Waals surface area (Å²) in [7, 11) is 3.58. The Kier molecular flexibility index (Phi) is 6.21. The standard InChI is InChI=1S/C14H18N4O.ClH/c1-15-13(11-6-4-3-5-7-11)14(19)18(2)10-12-8-9-16-17-12;/h3-9,13,15H,10H2,1-2H3,(H,16,17);1H. The monoisotopic (exact) mass is 294 g/mol. The van der Waals surface area contributed by atoms with Crippen LogP contribution in [-0.2, 0) is 11.3 Å². The van der Waals surface area contributed by atoms with Crippen molar-refractivity contribution in [3.63, 3.8) is 0 Å². The van der Waals surface area contributed by atoms with Crippen molar-refractivity contribution >= 4 is 18.3 Å². The molecule has 1 aromatic carbocycles. The van der Waals surface area contributed by atoms with Crippen molar-refractivity contribution in [1.82, 2.24) is 20.4 Å². The Hall–Kier alpha value is -1.85. The average Bonchev–Trinajstić information content (AvgIpc) is 2.93. The number of aromatic nitrogens is 2. The lowest BCUT2D eigenvalue weighted by atomic mass is 10.1.